The molecule has 0 radical (unpaired) electrons. The van der Waals surface area contributed by atoms with Crippen molar-refractivity contribution in [2.45, 2.75) is 26.3 Å². The van der Waals surface area contributed by atoms with E-state index >= 15 is 0 Å². The molecule has 1 rings (SSSR count). The van der Waals surface area contributed by atoms with Gasteiger partial charge in [-0.05, 0) is 6.42 Å². The summed E-state index contributed by atoms with van der Waals surface area (Å²) in [4.78, 5) is 13.1. The van der Waals surface area contributed by atoms with Crippen LogP contribution in [-0.4, -0.2) is 36.5 Å². The quantitative estimate of drug-likeness (QED) is 0.634. The van der Waals surface area contributed by atoms with Crippen LogP contribution in [0.4, 0.5) is 0 Å². The van der Waals surface area contributed by atoms with Crippen molar-refractivity contribution in [3.8, 4) is 0 Å². The van der Waals surface area contributed by atoms with Gasteiger partial charge in [0.15, 0.2) is 0 Å². The van der Waals surface area contributed by atoms with Gasteiger partial charge in [0.2, 0.25) is 5.91 Å². The van der Waals surface area contributed by atoms with Crippen LogP contribution in [0.3, 0.4) is 0 Å². The molecule has 1 amide bonds. The van der Waals surface area contributed by atoms with Gasteiger partial charge in [0.05, 0.1) is 6.54 Å². The maximum Gasteiger partial charge on any atom is 0.236 e. The summed E-state index contributed by atoms with van der Waals surface area (Å²) < 4.78 is 0. The van der Waals surface area contributed by atoms with E-state index in [-0.39, 0.29) is 5.91 Å². The van der Waals surface area contributed by atoms with Gasteiger partial charge in [0, 0.05) is 19.1 Å². The molecular formula is C8H16N2O. The lowest BCUT2D eigenvalue weighted by Gasteiger charge is -2.31. The van der Waals surface area contributed by atoms with E-state index in [9.17, 15) is 4.79 Å². The van der Waals surface area contributed by atoms with Crippen LogP contribution in [0.15, 0.2) is 0 Å². The largest absolute Gasteiger partial charge is 0.341 e. The Morgan fingerprint density at radius 3 is 2.55 bits per heavy atom. The van der Waals surface area contributed by atoms with Gasteiger partial charge < -0.3 is 10.2 Å². The van der Waals surface area contributed by atoms with E-state index in [0.29, 0.717) is 12.6 Å². The number of carbonyl (C=O) groups excluding carboxylic acids is 1. The molecule has 3 nitrogen and oxygen atoms in total. The molecule has 1 aliphatic heterocycles. The van der Waals surface area contributed by atoms with E-state index < -0.39 is 0 Å². The first-order valence-corrected chi connectivity index (χ1v) is 4.21. The minimum absolute atomic E-state index is 0.241. The van der Waals surface area contributed by atoms with Gasteiger partial charge in [0.1, 0.15) is 0 Å². The van der Waals surface area contributed by atoms with Crippen LogP contribution >= 0.6 is 0 Å². The van der Waals surface area contributed by atoms with E-state index in [0.717, 1.165) is 13.1 Å². The maximum atomic E-state index is 11.2. The van der Waals surface area contributed by atoms with Crippen molar-refractivity contribution in [1.29, 1.82) is 0 Å². The number of rotatable bonds is 3. The minimum atomic E-state index is 0.241. The molecule has 0 bridgehead atoms. The second kappa shape index (κ2) is 3.72. The highest BCUT2D eigenvalue weighted by atomic mass is 16.2. The Labute approximate surface area is 67.8 Å². The molecule has 0 aliphatic carbocycles. The fraction of sp³-hybridized carbons (Fsp3) is 0.875. The summed E-state index contributed by atoms with van der Waals surface area (Å²) in [5, 5.41) is 3.10. The molecule has 0 aromatic heterocycles. The number of hydrogen-bond acceptors (Lipinski definition) is 2. The van der Waals surface area contributed by atoms with Crippen LogP contribution in [0.2, 0.25) is 0 Å². The zero-order valence-electron chi connectivity index (χ0n) is 7.26. The Bertz CT molecular complexity index is 141. The lowest BCUT2D eigenvalue weighted by Crippen LogP contribution is -2.47. The predicted molar refractivity (Wildman–Crippen MR) is 44.3 cm³/mol. The van der Waals surface area contributed by atoms with Gasteiger partial charge in [-0.1, -0.05) is 13.8 Å². The average molecular weight is 156 g/mol. The molecule has 1 fully saturated rings. The molecule has 0 aromatic rings. The first kappa shape index (κ1) is 8.53. The molecule has 1 N–H and O–H groups in total. The fourth-order valence-electron chi connectivity index (χ4n) is 0.969. The number of carbonyl (C=O) groups is 1. The van der Waals surface area contributed by atoms with Crippen LogP contribution in [0.5, 0.6) is 0 Å². The topological polar surface area (TPSA) is 32.3 Å². The van der Waals surface area contributed by atoms with Crippen molar-refractivity contribution in [3.05, 3.63) is 0 Å². The highest BCUT2D eigenvalue weighted by Gasteiger charge is 2.19. The van der Waals surface area contributed by atoms with Crippen molar-refractivity contribution in [2.24, 2.45) is 0 Å². The van der Waals surface area contributed by atoms with E-state index in [1.54, 1.807) is 0 Å². The van der Waals surface area contributed by atoms with Crippen molar-refractivity contribution in [1.82, 2.24) is 10.2 Å². The molecular weight excluding hydrogens is 140 g/mol. The highest BCUT2D eigenvalue weighted by molar-refractivity contribution is 5.78. The van der Waals surface area contributed by atoms with Crippen molar-refractivity contribution in [3.63, 3.8) is 0 Å². The number of nitrogens with one attached hydrogen (secondary N) is 1. The smallest absolute Gasteiger partial charge is 0.236 e. The molecule has 0 atom stereocenters. The molecule has 1 heterocycles. The van der Waals surface area contributed by atoms with Crippen LogP contribution in [0.1, 0.15) is 20.3 Å². The molecule has 64 valence electrons. The first-order chi connectivity index (χ1) is 5.20. The van der Waals surface area contributed by atoms with Crippen LogP contribution in [0, 0.1) is 0 Å². The Hall–Kier alpha value is -0.570. The zero-order chi connectivity index (χ0) is 8.27. The molecule has 0 aromatic carbocycles. The number of likely N-dealkylation sites (tertiary alicyclic amines) is 1. The minimum Gasteiger partial charge on any atom is -0.341 e. The van der Waals surface area contributed by atoms with E-state index in [2.05, 4.69) is 5.32 Å². The summed E-state index contributed by atoms with van der Waals surface area (Å²) in [7, 11) is 0. The summed E-state index contributed by atoms with van der Waals surface area (Å²) in [5.74, 6) is 0.241. The Balaban J connectivity index is 2.10. The molecule has 1 aliphatic rings. The van der Waals surface area contributed by atoms with Crippen LogP contribution < -0.4 is 5.32 Å². The van der Waals surface area contributed by atoms with Crippen molar-refractivity contribution >= 4 is 5.91 Å². The second-order valence-corrected chi connectivity index (χ2v) is 3.27. The van der Waals surface area contributed by atoms with E-state index in [1.165, 1.54) is 6.42 Å². The summed E-state index contributed by atoms with van der Waals surface area (Å²) in [6, 6.07) is 0.403. The summed E-state index contributed by atoms with van der Waals surface area (Å²) >= 11 is 0. The third kappa shape index (κ3) is 2.50. The lowest BCUT2D eigenvalue weighted by atomic mass is 10.2. The standard InChI is InChI=1S/C8H16N2O/c1-7(2)9-6-8(11)10-4-3-5-10/h7,9H,3-6H2,1-2H3. The molecule has 0 spiro atoms. The molecule has 1 saturated heterocycles. The Kier molecular flexibility index (Phi) is 2.88. The third-order valence-electron chi connectivity index (χ3n) is 1.87. The van der Waals surface area contributed by atoms with Gasteiger partial charge in [-0.15, -0.1) is 0 Å². The fourth-order valence-corrected chi connectivity index (χ4v) is 0.969. The van der Waals surface area contributed by atoms with Crippen LogP contribution in [0.25, 0.3) is 0 Å². The monoisotopic (exact) mass is 156 g/mol. The summed E-state index contributed by atoms with van der Waals surface area (Å²) in [6.45, 7) is 6.50. The third-order valence-corrected chi connectivity index (χ3v) is 1.87. The van der Waals surface area contributed by atoms with Crippen LogP contribution in [-0.2, 0) is 4.79 Å². The summed E-state index contributed by atoms with van der Waals surface area (Å²) in [5.41, 5.74) is 0. The SMILES string of the molecule is CC(C)NCC(=O)N1CCC1. The lowest BCUT2D eigenvalue weighted by molar-refractivity contribution is -0.133. The first-order valence-electron chi connectivity index (χ1n) is 4.21. The normalized spacial score (nSPS) is 16.8. The predicted octanol–water partition coefficient (Wildman–Crippen LogP) is 0.217. The Morgan fingerprint density at radius 1 is 1.55 bits per heavy atom. The molecule has 0 saturated carbocycles. The van der Waals surface area contributed by atoms with Crippen molar-refractivity contribution in [2.75, 3.05) is 19.6 Å². The Morgan fingerprint density at radius 2 is 2.18 bits per heavy atom. The zero-order valence-corrected chi connectivity index (χ0v) is 7.26. The average Bonchev–Trinajstić information content (AvgIpc) is 1.79. The van der Waals surface area contributed by atoms with Gasteiger partial charge in [-0.2, -0.15) is 0 Å². The van der Waals surface area contributed by atoms with E-state index in [4.69, 9.17) is 0 Å². The van der Waals surface area contributed by atoms with Gasteiger partial charge in [0.25, 0.3) is 0 Å². The molecule has 0 unspecified atom stereocenters. The maximum absolute atomic E-state index is 11.2. The van der Waals surface area contributed by atoms with Crippen molar-refractivity contribution < 1.29 is 4.79 Å². The molecule has 11 heavy (non-hydrogen) atoms. The summed E-state index contributed by atoms with van der Waals surface area (Å²) in [6.07, 6.45) is 1.17. The molecule has 3 heteroatoms. The number of amides is 1. The second-order valence-electron chi connectivity index (χ2n) is 3.27. The van der Waals surface area contributed by atoms with E-state index in [1.807, 2.05) is 18.7 Å². The highest BCUT2D eigenvalue weighted by Crippen LogP contribution is 2.04. The van der Waals surface area contributed by atoms with Gasteiger partial charge in [-0.25, -0.2) is 0 Å². The number of hydrogen-bond donors (Lipinski definition) is 1. The van der Waals surface area contributed by atoms with Gasteiger partial charge in [-0.3, -0.25) is 4.79 Å². The van der Waals surface area contributed by atoms with Gasteiger partial charge >= 0.3 is 0 Å². The number of nitrogens with zero attached hydrogens (tertiary/aromatic N) is 1.